The van der Waals surface area contributed by atoms with Crippen LogP contribution in [0.1, 0.15) is 30.0 Å². The fourth-order valence-electron chi connectivity index (χ4n) is 2.24. The molecule has 0 unspecified atom stereocenters. The lowest BCUT2D eigenvalue weighted by atomic mass is 9.99. The van der Waals surface area contributed by atoms with E-state index in [1.807, 2.05) is 12.1 Å². The summed E-state index contributed by atoms with van der Waals surface area (Å²) in [5.74, 6) is 0. The van der Waals surface area contributed by atoms with E-state index in [9.17, 15) is 0 Å². The zero-order valence-corrected chi connectivity index (χ0v) is 12.1. The third-order valence-corrected chi connectivity index (χ3v) is 3.69. The molecule has 2 aromatic rings. The van der Waals surface area contributed by atoms with Gasteiger partial charge in [-0.15, -0.1) is 0 Å². The SMILES string of the molecule is S=C(NC1CC1)NC(c1ccccc1)c1ccccc1. The molecule has 0 amide bonds. The van der Waals surface area contributed by atoms with Gasteiger partial charge in [0.1, 0.15) is 0 Å². The van der Waals surface area contributed by atoms with Crippen LogP contribution in [-0.4, -0.2) is 11.2 Å². The maximum absolute atomic E-state index is 5.42. The summed E-state index contributed by atoms with van der Waals surface area (Å²) in [5, 5.41) is 7.53. The molecule has 0 aliphatic heterocycles. The average Bonchev–Trinajstić information content (AvgIpc) is 3.30. The topological polar surface area (TPSA) is 24.1 Å². The van der Waals surface area contributed by atoms with Crippen molar-refractivity contribution in [2.24, 2.45) is 0 Å². The molecule has 1 saturated carbocycles. The van der Waals surface area contributed by atoms with Crippen molar-refractivity contribution in [3.05, 3.63) is 71.8 Å². The normalized spacial score (nSPS) is 14.1. The molecule has 1 aliphatic carbocycles. The lowest BCUT2D eigenvalue weighted by Crippen LogP contribution is -2.39. The Morgan fingerprint density at radius 1 is 0.900 bits per heavy atom. The van der Waals surface area contributed by atoms with Crippen LogP contribution in [0.15, 0.2) is 60.7 Å². The predicted molar refractivity (Wildman–Crippen MR) is 86.6 cm³/mol. The molecule has 102 valence electrons. The van der Waals surface area contributed by atoms with E-state index in [0.29, 0.717) is 6.04 Å². The van der Waals surface area contributed by atoms with E-state index in [-0.39, 0.29) is 6.04 Å². The van der Waals surface area contributed by atoms with Crippen molar-refractivity contribution < 1.29 is 0 Å². The van der Waals surface area contributed by atoms with E-state index in [1.54, 1.807) is 0 Å². The number of hydrogen-bond donors (Lipinski definition) is 2. The number of thiocarbonyl (C=S) groups is 1. The average molecular weight is 282 g/mol. The molecule has 0 bridgehead atoms. The van der Waals surface area contributed by atoms with Crippen LogP contribution in [0.5, 0.6) is 0 Å². The molecule has 0 spiro atoms. The predicted octanol–water partition coefficient (Wildman–Crippen LogP) is 3.40. The molecular weight excluding hydrogens is 264 g/mol. The van der Waals surface area contributed by atoms with E-state index in [0.717, 1.165) is 5.11 Å². The third-order valence-electron chi connectivity index (χ3n) is 3.45. The minimum atomic E-state index is 0.0937. The summed E-state index contributed by atoms with van der Waals surface area (Å²) in [5.41, 5.74) is 2.44. The van der Waals surface area contributed by atoms with Crippen LogP contribution in [0.3, 0.4) is 0 Å². The molecule has 1 aliphatic rings. The molecule has 0 radical (unpaired) electrons. The highest BCUT2D eigenvalue weighted by atomic mass is 32.1. The quantitative estimate of drug-likeness (QED) is 0.840. The smallest absolute Gasteiger partial charge is 0.167 e. The molecule has 2 nitrogen and oxygen atoms in total. The Kier molecular flexibility index (Phi) is 3.97. The van der Waals surface area contributed by atoms with E-state index in [2.05, 4.69) is 59.2 Å². The van der Waals surface area contributed by atoms with Crippen molar-refractivity contribution in [2.45, 2.75) is 24.9 Å². The molecule has 2 N–H and O–H groups in total. The standard InChI is InChI=1S/C17H18N2S/c20-17(18-15-11-12-15)19-16(13-7-3-1-4-8-13)14-9-5-2-6-10-14/h1-10,15-16H,11-12H2,(H2,18,19,20). The number of rotatable bonds is 4. The Balaban J connectivity index is 1.81. The minimum Gasteiger partial charge on any atom is -0.360 e. The lowest BCUT2D eigenvalue weighted by Gasteiger charge is -2.22. The van der Waals surface area contributed by atoms with Gasteiger partial charge in [-0.2, -0.15) is 0 Å². The molecule has 0 saturated heterocycles. The molecule has 3 rings (SSSR count). The fraction of sp³-hybridized carbons (Fsp3) is 0.235. The first-order valence-electron chi connectivity index (χ1n) is 7.00. The van der Waals surface area contributed by atoms with Gasteiger partial charge in [0.25, 0.3) is 0 Å². The van der Waals surface area contributed by atoms with Gasteiger partial charge < -0.3 is 10.6 Å². The van der Waals surface area contributed by atoms with Crippen LogP contribution < -0.4 is 10.6 Å². The highest BCUT2D eigenvalue weighted by molar-refractivity contribution is 7.80. The van der Waals surface area contributed by atoms with Gasteiger partial charge in [-0.1, -0.05) is 60.7 Å². The van der Waals surface area contributed by atoms with E-state index >= 15 is 0 Å². The molecular formula is C17H18N2S. The van der Waals surface area contributed by atoms with Gasteiger partial charge in [-0.05, 0) is 36.2 Å². The molecule has 0 atom stereocenters. The highest BCUT2D eigenvalue weighted by Gasteiger charge is 2.23. The van der Waals surface area contributed by atoms with E-state index in [1.165, 1.54) is 24.0 Å². The van der Waals surface area contributed by atoms with Crippen LogP contribution >= 0.6 is 12.2 Å². The third kappa shape index (κ3) is 3.36. The number of benzene rings is 2. The molecule has 20 heavy (non-hydrogen) atoms. The minimum absolute atomic E-state index is 0.0937. The van der Waals surface area contributed by atoms with E-state index in [4.69, 9.17) is 12.2 Å². The van der Waals surface area contributed by atoms with Gasteiger partial charge in [0.2, 0.25) is 0 Å². The fourth-order valence-corrected chi connectivity index (χ4v) is 2.52. The summed E-state index contributed by atoms with van der Waals surface area (Å²) in [6, 6.07) is 21.5. The molecule has 3 heteroatoms. The lowest BCUT2D eigenvalue weighted by molar-refractivity contribution is 0.734. The van der Waals surface area contributed by atoms with Crippen molar-refractivity contribution in [3.63, 3.8) is 0 Å². The first-order valence-corrected chi connectivity index (χ1v) is 7.40. The first kappa shape index (κ1) is 13.1. The Labute approximate surface area is 125 Å². The van der Waals surface area contributed by atoms with Crippen LogP contribution in [0.25, 0.3) is 0 Å². The summed E-state index contributed by atoms with van der Waals surface area (Å²) >= 11 is 5.42. The van der Waals surface area contributed by atoms with Crippen molar-refractivity contribution in [3.8, 4) is 0 Å². The summed E-state index contributed by atoms with van der Waals surface area (Å²) in [4.78, 5) is 0. The summed E-state index contributed by atoms with van der Waals surface area (Å²) in [6.07, 6.45) is 2.45. The van der Waals surface area contributed by atoms with Gasteiger partial charge >= 0.3 is 0 Å². The zero-order chi connectivity index (χ0) is 13.8. The van der Waals surface area contributed by atoms with Crippen LogP contribution in [0.2, 0.25) is 0 Å². The maximum atomic E-state index is 5.42. The molecule has 2 aromatic carbocycles. The Bertz CT molecular complexity index is 525. The largest absolute Gasteiger partial charge is 0.360 e. The molecule has 0 heterocycles. The Morgan fingerprint density at radius 3 is 1.85 bits per heavy atom. The van der Waals surface area contributed by atoms with Gasteiger partial charge in [0.15, 0.2) is 5.11 Å². The van der Waals surface area contributed by atoms with Gasteiger partial charge in [-0.25, -0.2) is 0 Å². The number of hydrogen-bond acceptors (Lipinski definition) is 1. The molecule has 1 fully saturated rings. The maximum Gasteiger partial charge on any atom is 0.167 e. The summed E-state index contributed by atoms with van der Waals surface area (Å²) in [6.45, 7) is 0. The van der Waals surface area contributed by atoms with Crippen molar-refractivity contribution >= 4 is 17.3 Å². The van der Waals surface area contributed by atoms with Gasteiger partial charge in [0.05, 0.1) is 6.04 Å². The van der Waals surface area contributed by atoms with Crippen molar-refractivity contribution in [1.29, 1.82) is 0 Å². The van der Waals surface area contributed by atoms with Gasteiger partial charge in [0, 0.05) is 6.04 Å². The second-order valence-corrected chi connectivity index (χ2v) is 5.55. The van der Waals surface area contributed by atoms with E-state index < -0.39 is 0 Å². The van der Waals surface area contributed by atoms with Crippen molar-refractivity contribution in [1.82, 2.24) is 10.6 Å². The highest BCUT2D eigenvalue weighted by Crippen LogP contribution is 2.23. The second kappa shape index (κ2) is 6.06. The van der Waals surface area contributed by atoms with Crippen LogP contribution in [0.4, 0.5) is 0 Å². The Hall–Kier alpha value is -1.87. The van der Waals surface area contributed by atoms with Crippen LogP contribution in [0, 0.1) is 0 Å². The van der Waals surface area contributed by atoms with Crippen molar-refractivity contribution in [2.75, 3.05) is 0 Å². The first-order chi connectivity index (χ1) is 9.83. The summed E-state index contributed by atoms with van der Waals surface area (Å²) in [7, 11) is 0. The Morgan fingerprint density at radius 2 is 1.40 bits per heavy atom. The monoisotopic (exact) mass is 282 g/mol. The second-order valence-electron chi connectivity index (χ2n) is 5.15. The summed E-state index contributed by atoms with van der Waals surface area (Å²) < 4.78 is 0. The van der Waals surface area contributed by atoms with Crippen LogP contribution in [-0.2, 0) is 0 Å². The zero-order valence-electron chi connectivity index (χ0n) is 11.3. The number of nitrogens with one attached hydrogen (secondary N) is 2. The van der Waals surface area contributed by atoms with Gasteiger partial charge in [-0.3, -0.25) is 0 Å². The molecule has 0 aromatic heterocycles.